The first-order valence-electron chi connectivity index (χ1n) is 22.5. The van der Waals surface area contributed by atoms with Gasteiger partial charge in [-0.25, -0.2) is 0 Å². The molecule has 8 aromatic carbocycles. The van der Waals surface area contributed by atoms with Gasteiger partial charge in [0.25, 0.3) is 0 Å². The molecule has 1 heterocycles. The number of hydrogen-bond acceptors (Lipinski definition) is 5. The molecule has 0 saturated carbocycles. The van der Waals surface area contributed by atoms with Crippen molar-refractivity contribution in [3.8, 4) is 0 Å². The Morgan fingerprint density at radius 3 is 1.31 bits per heavy atom. The van der Waals surface area contributed by atoms with Gasteiger partial charge in [-0.1, -0.05) is 115 Å². The maximum Gasteiger partial charge on any atom is 0.135 e. The van der Waals surface area contributed by atoms with Crippen LogP contribution >= 0.6 is 0 Å². The second-order valence-corrected chi connectivity index (χ2v) is 16.5. The van der Waals surface area contributed by atoms with Crippen LogP contribution in [0.2, 0.25) is 0 Å². The summed E-state index contributed by atoms with van der Waals surface area (Å²) in [5.74, 6) is 1.02. The van der Waals surface area contributed by atoms with Gasteiger partial charge in [-0.15, -0.1) is 0 Å². The Kier molecular flexibility index (Phi) is 10.9. The van der Waals surface area contributed by atoms with Crippen molar-refractivity contribution in [3.05, 3.63) is 260 Å². The molecule has 314 valence electrons. The summed E-state index contributed by atoms with van der Waals surface area (Å²) in [6, 6.07) is 77.9. The number of benzene rings is 8. The van der Waals surface area contributed by atoms with Crippen molar-refractivity contribution in [1.82, 2.24) is 0 Å². The molecule has 11 rings (SSSR count). The van der Waals surface area contributed by atoms with Gasteiger partial charge >= 0.3 is 0 Å². The van der Waals surface area contributed by atoms with Crippen molar-refractivity contribution >= 4 is 73.9 Å². The summed E-state index contributed by atoms with van der Waals surface area (Å²) in [5, 5.41) is 1.10. The number of fused-ring (bicyclic) bond motifs is 3. The zero-order chi connectivity index (χ0) is 43.4. The highest BCUT2D eigenvalue weighted by Gasteiger charge is 2.26. The first-order valence-corrected chi connectivity index (χ1v) is 22.5. The predicted octanol–water partition coefficient (Wildman–Crippen LogP) is 16.5. The van der Waals surface area contributed by atoms with E-state index in [4.69, 9.17) is 4.42 Å². The number of para-hydroxylation sites is 5. The van der Waals surface area contributed by atoms with Crippen LogP contribution in [0.3, 0.4) is 0 Å². The average Bonchev–Trinajstić information content (AvgIpc) is 3.75. The molecule has 0 saturated heterocycles. The minimum atomic E-state index is 0.235. The molecule has 9 aromatic rings. The van der Waals surface area contributed by atoms with E-state index < -0.39 is 0 Å². The fourth-order valence-electron chi connectivity index (χ4n) is 9.37. The van der Waals surface area contributed by atoms with E-state index in [0.717, 1.165) is 92.7 Å². The van der Waals surface area contributed by atoms with E-state index in [9.17, 15) is 0 Å². The molecule has 5 heteroatoms. The summed E-state index contributed by atoms with van der Waals surface area (Å²) in [6.07, 6.45) is 13.8. The van der Waals surface area contributed by atoms with Crippen LogP contribution in [0.1, 0.15) is 24.2 Å². The first kappa shape index (κ1) is 39.6. The van der Waals surface area contributed by atoms with Crippen molar-refractivity contribution in [1.29, 1.82) is 0 Å². The summed E-state index contributed by atoms with van der Waals surface area (Å²) in [5.41, 5.74) is 14.3. The van der Waals surface area contributed by atoms with Crippen LogP contribution < -0.4 is 19.6 Å². The van der Waals surface area contributed by atoms with E-state index in [1.54, 1.807) is 0 Å². The third-order valence-electron chi connectivity index (χ3n) is 12.4. The highest BCUT2D eigenvalue weighted by Crippen LogP contribution is 2.44. The molecule has 1 aromatic heterocycles. The molecule has 0 N–H and O–H groups in total. The molecule has 0 radical (unpaired) electrons. The lowest BCUT2D eigenvalue weighted by Gasteiger charge is -2.34. The first-order chi connectivity index (χ1) is 32.2. The van der Waals surface area contributed by atoms with Gasteiger partial charge in [-0.2, -0.15) is 0 Å². The number of allylic oxidation sites excluding steroid dienone is 3. The molecule has 0 aliphatic heterocycles. The normalized spacial score (nSPS) is 14.1. The zero-order valence-electron chi connectivity index (χ0n) is 36.1. The minimum absolute atomic E-state index is 0.235. The lowest BCUT2D eigenvalue weighted by atomic mass is 9.98. The summed E-state index contributed by atoms with van der Waals surface area (Å²) >= 11 is 0. The maximum atomic E-state index is 6.64. The number of furan rings is 1. The van der Waals surface area contributed by atoms with Crippen LogP contribution in [0.15, 0.2) is 253 Å². The van der Waals surface area contributed by atoms with Gasteiger partial charge in [0.05, 0.1) is 6.04 Å². The van der Waals surface area contributed by atoms with Crippen LogP contribution in [-0.2, 0) is 6.42 Å². The predicted molar refractivity (Wildman–Crippen MR) is 272 cm³/mol. The highest BCUT2D eigenvalue weighted by atomic mass is 16.3. The van der Waals surface area contributed by atoms with Gasteiger partial charge in [0.2, 0.25) is 0 Å². The quantitative estimate of drug-likeness (QED) is 0.122. The SMILES string of the molecule is C1=CCC(N(c2ccccc2)c2ccc(N(C3=Cc4c(oc5ccc(N(c6ccccc6)c6ccc(N(c7ccccc7)c7ccccc7)cc6)cc45)CC3)c3ccccc3)cc2)C=C1. The maximum absolute atomic E-state index is 6.64. The number of rotatable bonds is 12. The van der Waals surface area contributed by atoms with E-state index in [2.05, 4.69) is 268 Å². The van der Waals surface area contributed by atoms with Crippen LogP contribution in [0.4, 0.5) is 56.9 Å². The molecule has 65 heavy (non-hydrogen) atoms. The molecule has 0 amide bonds. The standard InChI is InChI=1S/C60H48N4O/c1-7-19-45(20-8-1)61(46-21-9-2-10-22-46)51-31-35-53(36-32-51)63(49-27-15-5-16-28-49)55-39-41-59-57(43-55)58-44-56(40-42-60(58)65-59)64(50-29-17-6-18-30-50)54-37-33-52(34-38-54)62(47-23-11-3-12-24-47)48-25-13-4-14-26-48/h1-25,27-39,41,43-44,48H,26,40,42H2. The fourth-order valence-corrected chi connectivity index (χ4v) is 9.37. The fraction of sp³-hybridized carbons (Fsp3) is 0.0667. The molecule has 2 aliphatic rings. The summed E-state index contributed by atoms with van der Waals surface area (Å²) in [4.78, 5) is 9.48. The van der Waals surface area contributed by atoms with Crippen molar-refractivity contribution in [2.75, 3.05) is 19.6 Å². The van der Waals surface area contributed by atoms with Gasteiger partial charge < -0.3 is 24.0 Å². The van der Waals surface area contributed by atoms with Crippen molar-refractivity contribution in [2.45, 2.75) is 25.3 Å². The number of nitrogens with zero attached hydrogens (tertiary/aromatic N) is 4. The molecule has 1 unspecified atom stereocenters. The minimum Gasteiger partial charge on any atom is -0.460 e. The van der Waals surface area contributed by atoms with Crippen molar-refractivity contribution in [2.24, 2.45) is 0 Å². The second kappa shape index (κ2) is 17.8. The third-order valence-corrected chi connectivity index (χ3v) is 12.4. The van der Waals surface area contributed by atoms with Gasteiger partial charge in [0.15, 0.2) is 0 Å². The Labute approximate surface area is 381 Å². The molecule has 0 fully saturated rings. The summed E-state index contributed by atoms with van der Waals surface area (Å²) in [7, 11) is 0. The zero-order valence-corrected chi connectivity index (χ0v) is 36.1. The summed E-state index contributed by atoms with van der Waals surface area (Å²) in [6.45, 7) is 0. The van der Waals surface area contributed by atoms with E-state index in [1.165, 1.54) is 11.4 Å². The number of anilines is 10. The van der Waals surface area contributed by atoms with E-state index in [-0.39, 0.29) is 6.04 Å². The van der Waals surface area contributed by atoms with Crippen LogP contribution in [-0.4, -0.2) is 6.04 Å². The molecule has 1 atom stereocenters. The Bertz CT molecular complexity index is 3070. The molecular formula is C60H48N4O. The van der Waals surface area contributed by atoms with Crippen LogP contribution in [0.25, 0.3) is 17.0 Å². The number of aryl methyl sites for hydroxylation is 1. The van der Waals surface area contributed by atoms with Gasteiger partial charge in [-0.3, -0.25) is 0 Å². The van der Waals surface area contributed by atoms with Crippen molar-refractivity contribution in [3.63, 3.8) is 0 Å². The Hall–Kier alpha value is -8.28. The topological polar surface area (TPSA) is 26.1 Å². The van der Waals surface area contributed by atoms with Gasteiger partial charge in [-0.05, 0) is 146 Å². The highest BCUT2D eigenvalue weighted by molar-refractivity contribution is 5.95. The monoisotopic (exact) mass is 840 g/mol. The lowest BCUT2D eigenvalue weighted by Crippen LogP contribution is -2.29. The molecule has 5 nitrogen and oxygen atoms in total. The van der Waals surface area contributed by atoms with E-state index >= 15 is 0 Å². The molecular weight excluding hydrogens is 793 g/mol. The average molecular weight is 841 g/mol. The molecule has 0 bridgehead atoms. The molecule has 0 spiro atoms. The summed E-state index contributed by atoms with van der Waals surface area (Å²) < 4.78 is 6.64. The van der Waals surface area contributed by atoms with Crippen molar-refractivity contribution < 1.29 is 4.42 Å². The van der Waals surface area contributed by atoms with E-state index in [1.807, 2.05) is 0 Å². The Morgan fingerprint density at radius 1 is 0.385 bits per heavy atom. The van der Waals surface area contributed by atoms with Gasteiger partial charge in [0.1, 0.15) is 11.3 Å². The number of hydrogen-bond donors (Lipinski definition) is 0. The third kappa shape index (κ3) is 8.01. The smallest absolute Gasteiger partial charge is 0.135 e. The van der Waals surface area contributed by atoms with E-state index in [0.29, 0.717) is 0 Å². The van der Waals surface area contributed by atoms with Gasteiger partial charge in [0, 0.05) is 79.9 Å². The lowest BCUT2D eigenvalue weighted by molar-refractivity contribution is 0.542. The Balaban J connectivity index is 0.962. The molecule has 2 aliphatic carbocycles. The van der Waals surface area contributed by atoms with Crippen LogP contribution in [0.5, 0.6) is 0 Å². The largest absolute Gasteiger partial charge is 0.460 e. The van der Waals surface area contributed by atoms with Crippen LogP contribution in [0, 0.1) is 0 Å². The Morgan fingerprint density at radius 2 is 0.800 bits per heavy atom. The second-order valence-electron chi connectivity index (χ2n) is 16.5.